The zero-order valence-electron chi connectivity index (χ0n) is 24.3. The lowest BCUT2D eigenvalue weighted by Crippen LogP contribution is -2.53. The van der Waals surface area contributed by atoms with Crippen LogP contribution in [0, 0.1) is 26.7 Å². The zero-order chi connectivity index (χ0) is 29.4. The minimum atomic E-state index is -3.80. The SMILES string of the molecule is Cc1cccc(CN(C(=O)CN(c2cc(C)cc(C)c2)S(C)(=O)=O)C(Cc2ccccc2)C(=O)NCC(C)C)c1. The number of amides is 2. The highest BCUT2D eigenvalue weighted by Crippen LogP contribution is 2.23. The maximum absolute atomic E-state index is 14.1. The molecule has 3 aromatic carbocycles. The first kappa shape index (κ1) is 30.9. The van der Waals surface area contributed by atoms with Crippen molar-refractivity contribution in [3.8, 4) is 0 Å². The molecule has 3 rings (SSSR count). The molecule has 0 aliphatic carbocycles. The fourth-order valence-corrected chi connectivity index (χ4v) is 5.53. The van der Waals surface area contributed by atoms with Gasteiger partial charge in [0.15, 0.2) is 0 Å². The molecule has 0 heterocycles. The second kappa shape index (κ2) is 13.6. The minimum absolute atomic E-state index is 0.164. The third-order valence-electron chi connectivity index (χ3n) is 6.56. The van der Waals surface area contributed by atoms with Gasteiger partial charge in [-0.05, 0) is 61.1 Å². The lowest BCUT2D eigenvalue weighted by Gasteiger charge is -2.34. The summed E-state index contributed by atoms with van der Waals surface area (Å²) < 4.78 is 27.1. The van der Waals surface area contributed by atoms with Crippen molar-refractivity contribution in [3.05, 3.63) is 101 Å². The third-order valence-corrected chi connectivity index (χ3v) is 7.71. The number of nitrogens with one attached hydrogen (secondary N) is 1. The van der Waals surface area contributed by atoms with E-state index in [4.69, 9.17) is 0 Å². The van der Waals surface area contributed by atoms with E-state index in [1.165, 1.54) is 4.90 Å². The monoisotopic (exact) mass is 563 g/mol. The summed E-state index contributed by atoms with van der Waals surface area (Å²) in [5, 5.41) is 3.00. The molecular weight excluding hydrogens is 522 g/mol. The van der Waals surface area contributed by atoms with Crippen LogP contribution in [0.1, 0.15) is 41.7 Å². The lowest BCUT2D eigenvalue weighted by molar-refractivity contribution is -0.140. The van der Waals surface area contributed by atoms with Gasteiger partial charge < -0.3 is 10.2 Å². The van der Waals surface area contributed by atoms with E-state index in [2.05, 4.69) is 5.32 Å². The molecule has 0 saturated carbocycles. The summed E-state index contributed by atoms with van der Waals surface area (Å²) in [6.07, 6.45) is 1.39. The molecule has 1 N–H and O–H groups in total. The van der Waals surface area contributed by atoms with Crippen LogP contribution in [0.4, 0.5) is 5.69 Å². The van der Waals surface area contributed by atoms with Gasteiger partial charge in [0, 0.05) is 19.5 Å². The summed E-state index contributed by atoms with van der Waals surface area (Å²) in [5.41, 5.74) is 5.00. The second-order valence-electron chi connectivity index (χ2n) is 11.0. The number of aryl methyl sites for hydroxylation is 3. The number of hydrogen-bond donors (Lipinski definition) is 1. The normalized spacial score (nSPS) is 12.2. The van der Waals surface area contributed by atoms with Crippen molar-refractivity contribution in [2.75, 3.05) is 23.7 Å². The molecule has 1 atom stereocenters. The molecule has 0 bridgehead atoms. The molecule has 7 nitrogen and oxygen atoms in total. The number of benzene rings is 3. The van der Waals surface area contributed by atoms with Crippen molar-refractivity contribution in [3.63, 3.8) is 0 Å². The van der Waals surface area contributed by atoms with Crippen molar-refractivity contribution < 1.29 is 18.0 Å². The Morgan fingerprint density at radius 1 is 0.825 bits per heavy atom. The van der Waals surface area contributed by atoms with Gasteiger partial charge in [-0.3, -0.25) is 13.9 Å². The minimum Gasteiger partial charge on any atom is -0.354 e. The second-order valence-corrected chi connectivity index (χ2v) is 12.9. The van der Waals surface area contributed by atoms with Crippen molar-refractivity contribution in [1.82, 2.24) is 10.2 Å². The molecule has 0 aliphatic rings. The van der Waals surface area contributed by atoms with Crippen molar-refractivity contribution in [2.24, 2.45) is 5.92 Å². The predicted molar refractivity (Wildman–Crippen MR) is 162 cm³/mol. The van der Waals surface area contributed by atoms with Crippen LogP contribution in [-0.2, 0) is 32.6 Å². The topological polar surface area (TPSA) is 86.8 Å². The van der Waals surface area contributed by atoms with Crippen LogP contribution in [0.3, 0.4) is 0 Å². The highest BCUT2D eigenvalue weighted by Gasteiger charge is 2.33. The van der Waals surface area contributed by atoms with Crippen LogP contribution in [0.2, 0.25) is 0 Å². The summed E-state index contributed by atoms with van der Waals surface area (Å²) in [6.45, 7) is 9.97. The van der Waals surface area contributed by atoms with Gasteiger partial charge in [0.2, 0.25) is 21.8 Å². The highest BCUT2D eigenvalue weighted by molar-refractivity contribution is 7.92. The molecular formula is C32H41N3O4S. The summed E-state index contributed by atoms with van der Waals surface area (Å²) in [7, 11) is -3.80. The predicted octanol–water partition coefficient (Wildman–Crippen LogP) is 4.79. The van der Waals surface area contributed by atoms with E-state index in [0.29, 0.717) is 18.7 Å². The van der Waals surface area contributed by atoms with Crippen molar-refractivity contribution >= 4 is 27.5 Å². The maximum atomic E-state index is 14.1. The number of nitrogens with zero attached hydrogens (tertiary/aromatic N) is 2. The molecule has 0 saturated heterocycles. The van der Waals surface area contributed by atoms with Gasteiger partial charge in [0.1, 0.15) is 12.6 Å². The van der Waals surface area contributed by atoms with Crippen molar-refractivity contribution in [2.45, 2.75) is 53.6 Å². The molecule has 1 unspecified atom stereocenters. The Labute approximate surface area is 239 Å². The summed E-state index contributed by atoms with van der Waals surface area (Å²) in [6, 6.07) is 21.9. The van der Waals surface area contributed by atoms with E-state index in [1.807, 2.05) is 95.3 Å². The van der Waals surface area contributed by atoms with Gasteiger partial charge in [-0.15, -0.1) is 0 Å². The maximum Gasteiger partial charge on any atom is 0.244 e. The quantitative estimate of drug-likeness (QED) is 0.343. The Morgan fingerprint density at radius 3 is 2.02 bits per heavy atom. The standard InChI is InChI=1S/C32H41N3O4S/c1-23(2)20-33-32(37)30(19-27-12-8-7-9-13-27)34(21-28-14-10-11-24(3)16-28)31(36)22-35(40(6,38)39)29-17-25(4)15-26(5)18-29/h7-18,23,30H,19-22H2,1-6H3,(H,33,37). The molecule has 0 fully saturated rings. The average Bonchev–Trinajstić information content (AvgIpc) is 2.87. The van der Waals surface area contributed by atoms with E-state index >= 15 is 0 Å². The van der Waals surface area contributed by atoms with E-state index in [1.54, 1.807) is 12.1 Å². The Balaban J connectivity index is 2.06. The van der Waals surface area contributed by atoms with Crippen LogP contribution in [0.15, 0.2) is 72.8 Å². The first-order valence-corrected chi connectivity index (χ1v) is 15.4. The molecule has 3 aromatic rings. The fraction of sp³-hybridized carbons (Fsp3) is 0.375. The average molecular weight is 564 g/mol. The van der Waals surface area contributed by atoms with Crippen LogP contribution in [0.5, 0.6) is 0 Å². The number of rotatable bonds is 12. The van der Waals surface area contributed by atoms with Gasteiger partial charge in [0.05, 0.1) is 11.9 Å². The van der Waals surface area contributed by atoms with E-state index < -0.39 is 28.5 Å². The molecule has 214 valence electrons. The molecule has 40 heavy (non-hydrogen) atoms. The first-order valence-electron chi connectivity index (χ1n) is 13.6. The fourth-order valence-electron chi connectivity index (χ4n) is 4.69. The molecule has 0 aromatic heterocycles. The third kappa shape index (κ3) is 8.95. The van der Waals surface area contributed by atoms with Crippen LogP contribution < -0.4 is 9.62 Å². The molecule has 2 amide bonds. The number of carbonyl (C=O) groups excluding carboxylic acids is 2. The van der Waals surface area contributed by atoms with Gasteiger partial charge in [-0.25, -0.2) is 8.42 Å². The van der Waals surface area contributed by atoms with Gasteiger partial charge in [-0.1, -0.05) is 80.1 Å². The molecule has 0 radical (unpaired) electrons. The van der Waals surface area contributed by atoms with E-state index in [-0.39, 0.29) is 18.4 Å². The van der Waals surface area contributed by atoms with Crippen LogP contribution >= 0.6 is 0 Å². The summed E-state index contributed by atoms with van der Waals surface area (Å²) in [4.78, 5) is 29.3. The number of anilines is 1. The van der Waals surface area contributed by atoms with E-state index in [9.17, 15) is 18.0 Å². The molecule has 0 spiro atoms. The molecule has 0 aliphatic heterocycles. The van der Waals surface area contributed by atoms with Crippen LogP contribution in [-0.4, -0.2) is 50.5 Å². The van der Waals surface area contributed by atoms with E-state index in [0.717, 1.165) is 38.4 Å². The number of carbonyl (C=O) groups is 2. The van der Waals surface area contributed by atoms with Gasteiger partial charge >= 0.3 is 0 Å². The summed E-state index contributed by atoms with van der Waals surface area (Å²) in [5.74, 6) is -0.491. The number of sulfonamides is 1. The molecule has 8 heteroatoms. The zero-order valence-corrected chi connectivity index (χ0v) is 25.2. The Bertz CT molecular complexity index is 1400. The van der Waals surface area contributed by atoms with Crippen molar-refractivity contribution in [1.29, 1.82) is 0 Å². The smallest absolute Gasteiger partial charge is 0.244 e. The highest BCUT2D eigenvalue weighted by atomic mass is 32.2. The summed E-state index contributed by atoms with van der Waals surface area (Å²) >= 11 is 0. The van der Waals surface area contributed by atoms with Crippen LogP contribution in [0.25, 0.3) is 0 Å². The number of hydrogen-bond acceptors (Lipinski definition) is 4. The van der Waals surface area contributed by atoms with Gasteiger partial charge in [0.25, 0.3) is 0 Å². The Morgan fingerprint density at radius 2 is 1.45 bits per heavy atom. The largest absolute Gasteiger partial charge is 0.354 e. The Hall–Kier alpha value is -3.65. The Kier molecular flexibility index (Phi) is 10.5. The first-order chi connectivity index (χ1) is 18.8. The lowest BCUT2D eigenvalue weighted by atomic mass is 10.0. The van der Waals surface area contributed by atoms with Gasteiger partial charge in [-0.2, -0.15) is 0 Å².